The molecule has 19 heavy (non-hydrogen) atoms. The van der Waals surface area contributed by atoms with Gasteiger partial charge in [-0.2, -0.15) is 11.8 Å². The standard InChI is InChI=1S/C15H21NO2S/c1-2-18-15(17)14(16-13-8-9-13)11-19-10-12-6-4-3-5-7-12/h3-7,13-14,16H,2,8-11H2,1H3. The molecule has 1 aliphatic carbocycles. The summed E-state index contributed by atoms with van der Waals surface area (Å²) in [5, 5.41) is 3.37. The maximum atomic E-state index is 11.9. The summed E-state index contributed by atoms with van der Waals surface area (Å²) in [6, 6.07) is 10.7. The van der Waals surface area contributed by atoms with E-state index in [4.69, 9.17) is 4.74 Å². The first-order valence-corrected chi connectivity index (χ1v) is 7.99. The second-order valence-electron chi connectivity index (χ2n) is 4.75. The molecule has 0 aromatic heterocycles. The van der Waals surface area contributed by atoms with Gasteiger partial charge in [-0.25, -0.2) is 0 Å². The highest BCUT2D eigenvalue weighted by molar-refractivity contribution is 7.98. The fourth-order valence-corrected chi connectivity index (χ4v) is 2.84. The van der Waals surface area contributed by atoms with E-state index in [2.05, 4.69) is 17.4 Å². The lowest BCUT2D eigenvalue weighted by atomic mass is 10.2. The van der Waals surface area contributed by atoms with E-state index in [0.717, 1.165) is 11.5 Å². The van der Waals surface area contributed by atoms with Gasteiger partial charge in [-0.3, -0.25) is 4.79 Å². The molecule has 1 N–H and O–H groups in total. The van der Waals surface area contributed by atoms with Crippen LogP contribution in [-0.4, -0.2) is 30.4 Å². The van der Waals surface area contributed by atoms with Gasteiger partial charge in [0, 0.05) is 17.5 Å². The van der Waals surface area contributed by atoms with Crippen LogP contribution in [-0.2, 0) is 15.3 Å². The number of nitrogens with one attached hydrogen (secondary N) is 1. The third kappa shape index (κ3) is 5.25. The Balaban J connectivity index is 1.76. The molecule has 2 rings (SSSR count). The number of rotatable bonds is 8. The number of carbonyl (C=O) groups is 1. The van der Waals surface area contributed by atoms with Crippen LogP contribution in [0.15, 0.2) is 30.3 Å². The summed E-state index contributed by atoms with van der Waals surface area (Å²) in [5.74, 6) is 1.59. The minimum atomic E-state index is -0.166. The molecule has 0 aliphatic heterocycles. The van der Waals surface area contributed by atoms with E-state index in [0.29, 0.717) is 12.6 Å². The molecule has 1 atom stereocenters. The fraction of sp³-hybridized carbons (Fsp3) is 0.533. The third-order valence-electron chi connectivity index (χ3n) is 2.98. The SMILES string of the molecule is CCOC(=O)C(CSCc1ccccc1)NC1CC1. The highest BCUT2D eigenvalue weighted by atomic mass is 32.2. The van der Waals surface area contributed by atoms with Crippen LogP contribution in [0, 0.1) is 0 Å². The fourth-order valence-electron chi connectivity index (χ4n) is 1.83. The van der Waals surface area contributed by atoms with Gasteiger partial charge in [-0.1, -0.05) is 30.3 Å². The van der Waals surface area contributed by atoms with Crippen LogP contribution >= 0.6 is 11.8 Å². The van der Waals surface area contributed by atoms with Crippen molar-refractivity contribution in [2.45, 2.75) is 37.6 Å². The zero-order valence-electron chi connectivity index (χ0n) is 11.3. The minimum Gasteiger partial charge on any atom is -0.465 e. The van der Waals surface area contributed by atoms with Crippen LogP contribution in [0.1, 0.15) is 25.3 Å². The predicted molar refractivity (Wildman–Crippen MR) is 79.2 cm³/mol. The maximum Gasteiger partial charge on any atom is 0.323 e. The third-order valence-corrected chi connectivity index (χ3v) is 4.09. The molecule has 0 bridgehead atoms. The molecule has 1 fully saturated rings. The van der Waals surface area contributed by atoms with Crippen LogP contribution in [0.4, 0.5) is 0 Å². The Bertz CT molecular complexity index is 392. The summed E-state index contributed by atoms with van der Waals surface area (Å²) in [5.41, 5.74) is 1.29. The lowest BCUT2D eigenvalue weighted by Gasteiger charge is -2.16. The monoisotopic (exact) mass is 279 g/mol. The summed E-state index contributed by atoms with van der Waals surface area (Å²) in [6.45, 7) is 2.30. The van der Waals surface area contributed by atoms with Crippen LogP contribution in [0.2, 0.25) is 0 Å². The van der Waals surface area contributed by atoms with Gasteiger partial charge in [0.15, 0.2) is 0 Å². The van der Waals surface area contributed by atoms with Crippen molar-refractivity contribution in [1.82, 2.24) is 5.32 Å². The molecule has 1 unspecified atom stereocenters. The first kappa shape index (κ1) is 14.4. The van der Waals surface area contributed by atoms with Crippen molar-refractivity contribution in [2.75, 3.05) is 12.4 Å². The molecule has 0 heterocycles. The highest BCUT2D eigenvalue weighted by Gasteiger charge is 2.28. The number of ether oxygens (including phenoxy) is 1. The van der Waals surface area contributed by atoms with Gasteiger partial charge in [0.05, 0.1) is 6.61 Å². The van der Waals surface area contributed by atoms with E-state index < -0.39 is 0 Å². The van der Waals surface area contributed by atoms with E-state index in [-0.39, 0.29) is 12.0 Å². The highest BCUT2D eigenvalue weighted by Crippen LogP contribution is 2.21. The van der Waals surface area contributed by atoms with Crippen LogP contribution < -0.4 is 5.32 Å². The number of hydrogen-bond acceptors (Lipinski definition) is 4. The Morgan fingerprint density at radius 2 is 2.16 bits per heavy atom. The van der Waals surface area contributed by atoms with Crippen LogP contribution in [0.25, 0.3) is 0 Å². The van der Waals surface area contributed by atoms with Crippen LogP contribution in [0.3, 0.4) is 0 Å². The first-order valence-electron chi connectivity index (χ1n) is 6.84. The Kier molecular flexibility index (Phi) is 5.73. The second kappa shape index (κ2) is 7.56. The number of esters is 1. The number of thioether (sulfide) groups is 1. The normalized spacial score (nSPS) is 16.1. The predicted octanol–water partition coefficient (Wildman–Crippen LogP) is 2.60. The van der Waals surface area contributed by atoms with Gasteiger partial charge in [0.2, 0.25) is 0 Å². The largest absolute Gasteiger partial charge is 0.465 e. The Morgan fingerprint density at radius 3 is 2.79 bits per heavy atom. The van der Waals surface area contributed by atoms with Crippen molar-refractivity contribution in [1.29, 1.82) is 0 Å². The molecule has 4 heteroatoms. The quantitative estimate of drug-likeness (QED) is 0.742. The molecule has 0 radical (unpaired) electrons. The van der Waals surface area contributed by atoms with Crippen molar-refractivity contribution >= 4 is 17.7 Å². The lowest BCUT2D eigenvalue weighted by Crippen LogP contribution is -2.41. The zero-order chi connectivity index (χ0) is 13.5. The molecule has 1 aliphatic rings. The smallest absolute Gasteiger partial charge is 0.323 e. The molecule has 3 nitrogen and oxygen atoms in total. The zero-order valence-corrected chi connectivity index (χ0v) is 12.1. The Hall–Kier alpha value is -1.00. The maximum absolute atomic E-state index is 11.9. The average Bonchev–Trinajstić information content (AvgIpc) is 3.23. The molecular formula is C15H21NO2S. The summed E-state index contributed by atoms with van der Waals surface area (Å²) in [6.07, 6.45) is 2.36. The van der Waals surface area contributed by atoms with E-state index in [9.17, 15) is 4.79 Å². The Labute approximate surface area is 119 Å². The number of hydrogen-bond donors (Lipinski definition) is 1. The lowest BCUT2D eigenvalue weighted by molar-refractivity contribution is -0.145. The topological polar surface area (TPSA) is 38.3 Å². The Morgan fingerprint density at radius 1 is 1.42 bits per heavy atom. The van der Waals surface area contributed by atoms with Gasteiger partial charge < -0.3 is 10.1 Å². The molecule has 0 saturated heterocycles. The van der Waals surface area contributed by atoms with Gasteiger partial charge in [0.25, 0.3) is 0 Å². The van der Waals surface area contributed by atoms with E-state index in [1.165, 1.54) is 18.4 Å². The van der Waals surface area contributed by atoms with E-state index in [1.54, 1.807) is 11.8 Å². The van der Waals surface area contributed by atoms with Crippen molar-refractivity contribution in [3.05, 3.63) is 35.9 Å². The molecular weight excluding hydrogens is 258 g/mol. The summed E-state index contributed by atoms with van der Waals surface area (Å²) in [4.78, 5) is 11.9. The number of benzene rings is 1. The average molecular weight is 279 g/mol. The van der Waals surface area contributed by atoms with Crippen LogP contribution in [0.5, 0.6) is 0 Å². The summed E-state index contributed by atoms with van der Waals surface area (Å²) < 4.78 is 5.12. The van der Waals surface area contributed by atoms with Gasteiger partial charge in [0.1, 0.15) is 6.04 Å². The van der Waals surface area contributed by atoms with E-state index in [1.807, 2.05) is 25.1 Å². The van der Waals surface area contributed by atoms with Crippen molar-refractivity contribution in [3.63, 3.8) is 0 Å². The first-order chi connectivity index (χ1) is 9.29. The van der Waals surface area contributed by atoms with Gasteiger partial charge >= 0.3 is 5.97 Å². The van der Waals surface area contributed by atoms with Gasteiger partial charge in [-0.05, 0) is 25.3 Å². The molecule has 0 amide bonds. The molecule has 1 saturated carbocycles. The summed E-state index contributed by atoms with van der Waals surface area (Å²) >= 11 is 1.78. The second-order valence-corrected chi connectivity index (χ2v) is 5.78. The van der Waals surface area contributed by atoms with Crippen molar-refractivity contribution in [2.24, 2.45) is 0 Å². The number of carbonyl (C=O) groups excluding carboxylic acids is 1. The van der Waals surface area contributed by atoms with Crippen molar-refractivity contribution in [3.8, 4) is 0 Å². The minimum absolute atomic E-state index is 0.116. The molecule has 0 spiro atoms. The van der Waals surface area contributed by atoms with Gasteiger partial charge in [-0.15, -0.1) is 0 Å². The summed E-state index contributed by atoms with van der Waals surface area (Å²) in [7, 11) is 0. The molecule has 104 valence electrons. The molecule has 1 aromatic carbocycles. The van der Waals surface area contributed by atoms with Crippen molar-refractivity contribution < 1.29 is 9.53 Å². The van der Waals surface area contributed by atoms with E-state index >= 15 is 0 Å². The molecule has 1 aromatic rings.